The van der Waals surface area contributed by atoms with Crippen LogP contribution in [-0.4, -0.2) is 23.4 Å². The highest BCUT2D eigenvalue weighted by Gasteiger charge is 2.27. The topological polar surface area (TPSA) is 57.4 Å². The van der Waals surface area contributed by atoms with Gasteiger partial charge in [-0.1, -0.05) is 38.8 Å². The predicted octanol–water partition coefficient (Wildman–Crippen LogP) is 2.86. The number of thiocarbonyl (C=S) groups is 2. The van der Waals surface area contributed by atoms with Gasteiger partial charge in [-0.15, -0.1) is 0 Å². The van der Waals surface area contributed by atoms with E-state index >= 15 is 0 Å². The summed E-state index contributed by atoms with van der Waals surface area (Å²) in [4.78, 5) is 0. The van der Waals surface area contributed by atoms with E-state index in [1.165, 1.54) is 12.8 Å². The van der Waals surface area contributed by atoms with E-state index in [2.05, 4.69) is 35.3 Å². The molecular formula is C18H28N4OS2. The Bertz CT molecular complexity index is 579. The maximum Gasteiger partial charge on any atom is 0.185 e. The molecule has 0 aliphatic heterocycles. The molecule has 5 nitrogen and oxygen atoms in total. The van der Waals surface area contributed by atoms with Crippen molar-refractivity contribution in [2.75, 3.05) is 7.11 Å². The first-order valence-corrected chi connectivity index (χ1v) is 9.54. The minimum absolute atomic E-state index is 0.423. The molecule has 4 N–H and O–H groups in total. The van der Waals surface area contributed by atoms with Crippen molar-refractivity contribution in [3.05, 3.63) is 29.8 Å². The molecule has 0 unspecified atom stereocenters. The first-order chi connectivity index (χ1) is 12.0. The molecule has 2 rings (SSSR count). The fourth-order valence-corrected chi connectivity index (χ4v) is 3.40. The van der Waals surface area contributed by atoms with Gasteiger partial charge in [0.25, 0.3) is 0 Å². The third-order valence-corrected chi connectivity index (χ3v) is 5.39. The average Bonchev–Trinajstić information content (AvgIpc) is 2.62. The van der Waals surface area contributed by atoms with Crippen LogP contribution in [0.25, 0.3) is 0 Å². The standard InChI is InChI=1S/C18H28N4OS2/c1-12-5-4-6-16(13(12)2)20-18(25)22-21-17(24)19-11-14-7-9-15(23-3)10-8-14/h7-10,12-13,16H,4-6,11H2,1-3H3,(H2,19,21,24)(H2,20,22,25)/t12-,13+,16-/m0/s1. The molecule has 0 saturated heterocycles. The van der Waals surface area contributed by atoms with Crippen molar-refractivity contribution in [3.8, 4) is 5.75 Å². The van der Waals surface area contributed by atoms with E-state index in [1.807, 2.05) is 24.3 Å². The zero-order valence-electron chi connectivity index (χ0n) is 15.1. The lowest BCUT2D eigenvalue weighted by molar-refractivity contribution is 0.224. The second-order valence-corrected chi connectivity index (χ2v) is 7.44. The van der Waals surface area contributed by atoms with Gasteiger partial charge in [-0.05, 0) is 60.4 Å². The number of ether oxygens (including phenoxy) is 1. The van der Waals surface area contributed by atoms with Crippen molar-refractivity contribution in [3.63, 3.8) is 0 Å². The lowest BCUT2D eigenvalue weighted by atomic mass is 9.78. The molecule has 3 atom stereocenters. The molecule has 0 radical (unpaired) electrons. The zero-order chi connectivity index (χ0) is 18.2. The smallest absolute Gasteiger partial charge is 0.185 e. The molecule has 1 aliphatic rings. The van der Waals surface area contributed by atoms with Crippen LogP contribution in [0.15, 0.2) is 24.3 Å². The Morgan fingerprint density at radius 3 is 2.44 bits per heavy atom. The van der Waals surface area contributed by atoms with Crippen LogP contribution in [-0.2, 0) is 6.54 Å². The van der Waals surface area contributed by atoms with E-state index in [1.54, 1.807) is 7.11 Å². The van der Waals surface area contributed by atoms with Crippen molar-refractivity contribution in [2.45, 2.75) is 45.7 Å². The molecule has 0 heterocycles. The largest absolute Gasteiger partial charge is 0.497 e. The minimum Gasteiger partial charge on any atom is -0.497 e. The molecule has 1 aliphatic carbocycles. The van der Waals surface area contributed by atoms with Gasteiger partial charge in [0.15, 0.2) is 10.2 Å². The predicted molar refractivity (Wildman–Crippen MR) is 110 cm³/mol. The lowest BCUT2D eigenvalue weighted by Gasteiger charge is -2.35. The summed E-state index contributed by atoms with van der Waals surface area (Å²) >= 11 is 10.6. The SMILES string of the molecule is COc1ccc(CNC(=S)NNC(=S)N[C@H]2CCC[C@H](C)[C@H]2C)cc1. The van der Waals surface area contributed by atoms with Gasteiger partial charge in [0.1, 0.15) is 5.75 Å². The molecule has 7 heteroatoms. The number of hydrazine groups is 1. The van der Waals surface area contributed by atoms with Crippen LogP contribution < -0.4 is 26.2 Å². The Morgan fingerprint density at radius 1 is 1.08 bits per heavy atom. The third-order valence-electron chi connectivity index (χ3n) is 4.93. The molecule has 25 heavy (non-hydrogen) atoms. The highest BCUT2D eigenvalue weighted by molar-refractivity contribution is 7.80. The Hall–Kier alpha value is -1.60. The molecule has 138 valence electrons. The van der Waals surface area contributed by atoms with Gasteiger partial charge >= 0.3 is 0 Å². The fourth-order valence-electron chi connectivity index (χ4n) is 3.07. The molecule has 0 amide bonds. The van der Waals surface area contributed by atoms with E-state index in [0.29, 0.717) is 28.7 Å². The minimum atomic E-state index is 0.423. The van der Waals surface area contributed by atoms with Crippen LogP contribution in [0.3, 0.4) is 0 Å². The fraction of sp³-hybridized carbons (Fsp3) is 0.556. The second-order valence-electron chi connectivity index (χ2n) is 6.63. The summed E-state index contributed by atoms with van der Waals surface area (Å²) in [6, 6.07) is 8.28. The number of rotatable bonds is 4. The van der Waals surface area contributed by atoms with Crippen molar-refractivity contribution in [2.24, 2.45) is 11.8 Å². The van der Waals surface area contributed by atoms with E-state index in [-0.39, 0.29) is 0 Å². The van der Waals surface area contributed by atoms with Crippen LogP contribution in [0.2, 0.25) is 0 Å². The average molecular weight is 381 g/mol. The maximum absolute atomic E-state index is 5.36. The summed E-state index contributed by atoms with van der Waals surface area (Å²) in [6.45, 7) is 5.24. The third kappa shape index (κ3) is 6.32. The molecular weight excluding hydrogens is 352 g/mol. The van der Waals surface area contributed by atoms with Gasteiger partial charge in [-0.25, -0.2) is 0 Å². The van der Waals surface area contributed by atoms with E-state index in [4.69, 9.17) is 29.2 Å². The molecule has 0 bridgehead atoms. The van der Waals surface area contributed by atoms with Gasteiger partial charge in [0, 0.05) is 12.6 Å². The monoisotopic (exact) mass is 380 g/mol. The number of hydrogen-bond donors (Lipinski definition) is 4. The second kappa shape index (κ2) is 9.77. The van der Waals surface area contributed by atoms with Crippen LogP contribution in [0, 0.1) is 11.8 Å². The summed E-state index contributed by atoms with van der Waals surface area (Å²) in [5, 5.41) is 7.63. The Labute approximate surface area is 161 Å². The number of nitrogens with one attached hydrogen (secondary N) is 4. The highest BCUT2D eigenvalue weighted by atomic mass is 32.1. The summed E-state index contributed by atoms with van der Waals surface area (Å²) in [6.07, 6.45) is 3.71. The van der Waals surface area contributed by atoms with Crippen molar-refractivity contribution in [1.29, 1.82) is 0 Å². The molecule has 0 aromatic heterocycles. The lowest BCUT2D eigenvalue weighted by Crippen LogP contribution is -2.54. The van der Waals surface area contributed by atoms with Crippen molar-refractivity contribution >= 4 is 34.7 Å². The van der Waals surface area contributed by atoms with Crippen LogP contribution >= 0.6 is 24.4 Å². The number of hydrogen-bond acceptors (Lipinski definition) is 3. The highest BCUT2D eigenvalue weighted by Crippen LogP contribution is 2.29. The Balaban J connectivity index is 1.67. The summed E-state index contributed by atoms with van der Waals surface area (Å²) in [7, 11) is 1.66. The molecule has 1 aromatic carbocycles. The maximum atomic E-state index is 5.36. The van der Waals surface area contributed by atoms with Crippen molar-refractivity contribution in [1.82, 2.24) is 21.5 Å². The zero-order valence-corrected chi connectivity index (χ0v) is 16.7. The first-order valence-electron chi connectivity index (χ1n) is 8.73. The normalized spacial score (nSPS) is 22.6. The summed E-state index contributed by atoms with van der Waals surface area (Å²) < 4.78 is 5.15. The molecule has 0 spiro atoms. The molecule has 1 fully saturated rings. The van der Waals surface area contributed by atoms with Crippen LogP contribution in [0.4, 0.5) is 0 Å². The van der Waals surface area contributed by atoms with Gasteiger partial charge < -0.3 is 15.4 Å². The van der Waals surface area contributed by atoms with E-state index < -0.39 is 0 Å². The van der Waals surface area contributed by atoms with Gasteiger partial charge in [-0.2, -0.15) is 0 Å². The number of methoxy groups -OCH3 is 1. The van der Waals surface area contributed by atoms with Gasteiger partial charge in [-0.3, -0.25) is 10.9 Å². The van der Waals surface area contributed by atoms with E-state index in [9.17, 15) is 0 Å². The first kappa shape index (κ1) is 19.7. The quantitative estimate of drug-likeness (QED) is 0.473. The summed E-state index contributed by atoms with van der Waals surface area (Å²) in [5.41, 5.74) is 7.02. The number of benzene rings is 1. The summed E-state index contributed by atoms with van der Waals surface area (Å²) in [5.74, 6) is 2.19. The van der Waals surface area contributed by atoms with Crippen LogP contribution in [0.5, 0.6) is 5.75 Å². The molecule has 1 aromatic rings. The van der Waals surface area contributed by atoms with Crippen molar-refractivity contribution < 1.29 is 4.74 Å². The Kier molecular flexibility index (Phi) is 7.71. The van der Waals surface area contributed by atoms with E-state index in [0.717, 1.165) is 23.7 Å². The molecule has 1 saturated carbocycles. The van der Waals surface area contributed by atoms with Crippen LogP contribution in [0.1, 0.15) is 38.7 Å². The van der Waals surface area contributed by atoms with Gasteiger partial charge in [0.05, 0.1) is 7.11 Å². The Morgan fingerprint density at radius 2 is 1.76 bits per heavy atom. The van der Waals surface area contributed by atoms with Gasteiger partial charge in [0.2, 0.25) is 0 Å².